The molecule has 0 saturated carbocycles. The fourth-order valence-corrected chi connectivity index (χ4v) is 2.31. The summed E-state index contributed by atoms with van der Waals surface area (Å²) in [5.41, 5.74) is 2.66. The average Bonchev–Trinajstić information content (AvgIpc) is 3.08. The predicted octanol–water partition coefficient (Wildman–Crippen LogP) is 2.46. The van der Waals surface area contributed by atoms with Gasteiger partial charge in [0.15, 0.2) is 0 Å². The molecule has 2 heterocycles. The number of hydrogen-bond acceptors (Lipinski definition) is 3. The molecule has 3 N–H and O–H groups in total. The van der Waals surface area contributed by atoms with E-state index in [0.717, 1.165) is 5.69 Å². The molecule has 1 aliphatic rings. The molecule has 6 nitrogen and oxygen atoms in total. The van der Waals surface area contributed by atoms with Gasteiger partial charge in [0.25, 0.3) is 5.91 Å². The molecule has 6 heteroatoms. The van der Waals surface area contributed by atoms with E-state index < -0.39 is 0 Å². The zero-order chi connectivity index (χ0) is 19.2. The van der Waals surface area contributed by atoms with Gasteiger partial charge < -0.3 is 15.6 Å². The van der Waals surface area contributed by atoms with Crippen LogP contribution in [0.2, 0.25) is 0 Å². The standard InChI is InChI=1S/C13H16N4O2.C7H8/c1-4-13(2,3)11-8(15-7-16-11)5-9-12(19)14-6-10(18)17-9;1-7-5-3-2-4-6-7/h4-5,7H,1,6H2,2-3H3,(H,14,19)(H,15,16)(H,17,18);2-6H,1H3/b9-5-;. The lowest BCUT2D eigenvalue weighted by atomic mass is 9.88. The number of aromatic amines is 1. The van der Waals surface area contributed by atoms with Gasteiger partial charge in [0.05, 0.1) is 24.3 Å². The van der Waals surface area contributed by atoms with Gasteiger partial charge in [-0.05, 0) is 13.0 Å². The van der Waals surface area contributed by atoms with Gasteiger partial charge in [-0.2, -0.15) is 0 Å². The second-order valence-corrected chi connectivity index (χ2v) is 6.53. The molecule has 1 aromatic carbocycles. The first kappa shape index (κ1) is 19.2. The minimum absolute atomic E-state index is 0.00173. The van der Waals surface area contributed by atoms with E-state index in [1.807, 2.05) is 32.0 Å². The first-order chi connectivity index (χ1) is 12.3. The summed E-state index contributed by atoms with van der Waals surface area (Å²) in [6.07, 6.45) is 4.90. The summed E-state index contributed by atoms with van der Waals surface area (Å²) in [5.74, 6) is -0.559. The van der Waals surface area contributed by atoms with Crippen molar-refractivity contribution in [1.82, 2.24) is 20.6 Å². The molecule has 26 heavy (non-hydrogen) atoms. The van der Waals surface area contributed by atoms with Crippen LogP contribution in [0.5, 0.6) is 0 Å². The Balaban J connectivity index is 0.000000290. The van der Waals surface area contributed by atoms with Gasteiger partial charge in [-0.3, -0.25) is 9.59 Å². The van der Waals surface area contributed by atoms with Crippen molar-refractivity contribution < 1.29 is 9.59 Å². The maximum absolute atomic E-state index is 11.6. The highest BCUT2D eigenvalue weighted by Crippen LogP contribution is 2.26. The molecule has 1 saturated heterocycles. The fourth-order valence-electron chi connectivity index (χ4n) is 2.31. The van der Waals surface area contributed by atoms with E-state index in [0.29, 0.717) is 5.69 Å². The van der Waals surface area contributed by atoms with E-state index in [1.165, 1.54) is 5.56 Å². The number of benzene rings is 1. The molecule has 1 fully saturated rings. The number of nitrogens with one attached hydrogen (secondary N) is 3. The average molecular weight is 352 g/mol. The Bertz CT molecular complexity index is 819. The van der Waals surface area contributed by atoms with E-state index in [2.05, 4.69) is 46.2 Å². The topological polar surface area (TPSA) is 86.9 Å². The maximum Gasteiger partial charge on any atom is 0.268 e. The molecule has 0 aliphatic carbocycles. The molecule has 0 unspecified atom stereocenters. The van der Waals surface area contributed by atoms with Crippen molar-refractivity contribution in [3.63, 3.8) is 0 Å². The lowest BCUT2D eigenvalue weighted by Gasteiger charge is -2.20. The third-order valence-electron chi connectivity index (χ3n) is 3.97. The summed E-state index contributed by atoms with van der Waals surface area (Å²) in [6, 6.07) is 10.3. The molecule has 1 aliphatic heterocycles. The Morgan fingerprint density at radius 3 is 2.46 bits per heavy atom. The minimum atomic E-state index is -0.315. The van der Waals surface area contributed by atoms with Crippen LogP contribution in [-0.4, -0.2) is 28.3 Å². The smallest absolute Gasteiger partial charge is 0.268 e. The van der Waals surface area contributed by atoms with Crippen molar-refractivity contribution in [1.29, 1.82) is 0 Å². The van der Waals surface area contributed by atoms with Crippen LogP contribution in [0, 0.1) is 6.92 Å². The van der Waals surface area contributed by atoms with Crippen LogP contribution < -0.4 is 10.6 Å². The predicted molar refractivity (Wildman–Crippen MR) is 102 cm³/mol. The SMILES string of the molecule is C=CC(C)(C)c1[nH]cnc1/C=C1\NC(=O)CNC1=O.Cc1ccccc1. The van der Waals surface area contributed by atoms with Gasteiger partial charge in [0.1, 0.15) is 5.70 Å². The molecule has 136 valence electrons. The number of rotatable bonds is 3. The maximum atomic E-state index is 11.6. The zero-order valence-electron chi connectivity index (χ0n) is 15.3. The number of H-pyrrole nitrogens is 1. The highest BCUT2D eigenvalue weighted by Gasteiger charge is 2.24. The van der Waals surface area contributed by atoms with Crippen molar-refractivity contribution >= 4 is 17.9 Å². The number of carbonyl (C=O) groups excluding carboxylic acids is 2. The number of aromatic nitrogens is 2. The van der Waals surface area contributed by atoms with E-state index in [4.69, 9.17) is 0 Å². The normalized spacial score (nSPS) is 15.6. The largest absolute Gasteiger partial charge is 0.347 e. The Morgan fingerprint density at radius 2 is 1.88 bits per heavy atom. The molecule has 0 spiro atoms. The molecule has 0 radical (unpaired) electrons. The van der Waals surface area contributed by atoms with Gasteiger partial charge in [0.2, 0.25) is 5.91 Å². The lowest BCUT2D eigenvalue weighted by Crippen LogP contribution is -2.47. The van der Waals surface area contributed by atoms with Gasteiger partial charge in [-0.25, -0.2) is 4.98 Å². The molecule has 0 bridgehead atoms. The summed E-state index contributed by atoms with van der Waals surface area (Å²) in [4.78, 5) is 30.1. The number of piperazine rings is 1. The molecule has 3 rings (SSSR count). The van der Waals surface area contributed by atoms with Crippen LogP contribution in [0.3, 0.4) is 0 Å². The number of allylic oxidation sites excluding steroid dienone is 1. The number of carbonyl (C=O) groups is 2. The minimum Gasteiger partial charge on any atom is -0.347 e. The third-order valence-corrected chi connectivity index (χ3v) is 3.97. The number of hydrogen-bond donors (Lipinski definition) is 3. The first-order valence-corrected chi connectivity index (χ1v) is 8.32. The van der Waals surface area contributed by atoms with Crippen LogP contribution in [0.15, 0.2) is 55.0 Å². The van der Waals surface area contributed by atoms with Crippen LogP contribution in [0.25, 0.3) is 6.08 Å². The fraction of sp³-hybridized carbons (Fsp3) is 0.250. The van der Waals surface area contributed by atoms with Crippen LogP contribution in [0.4, 0.5) is 0 Å². The second-order valence-electron chi connectivity index (χ2n) is 6.53. The number of aryl methyl sites for hydroxylation is 1. The van der Waals surface area contributed by atoms with Crippen molar-refractivity contribution in [2.75, 3.05) is 6.54 Å². The Morgan fingerprint density at radius 1 is 1.19 bits per heavy atom. The van der Waals surface area contributed by atoms with Gasteiger partial charge in [0, 0.05) is 5.41 Å². The van der Waals surface area contributed by atoms with Gasteiger partial charge in [-0.1, -0.05) is 55.8 Å². The van der Waals surface area contributed by atoms with Crippen LogP contribution >= 0.6 is 0 Å². The number of imidazole rings is 1. The van der Waals surface area contributed by atoms with Gasteiger partial charge >= 0.3 is 0 Å². The molecular formula is C20H24N4O2. The summed E-state index contributed by atoms with van der Waals surface area (Å²) in [5, 5.41) is 5.02. The summed E-state index contributed by atoms with van der Waals surface area (Å²) < 4.78 is 0. The summed E-state index contributed by atoms with van der Waals surface area (Å²) in [6.45, 7) is 9.83. The highest BCUT2D eigenvalue weighted by molar-refractivity contribution is 6.05. The van der Waals surface area contributed by atoms with E-state index in [9.17, 15) is 9.59 Å². The molecule has 2 aromatic rings. The summed E-state index contributed by atoms with van der Waals surface area (Å²) in [7, 11) is 0. The van der Waals surface area contributed by atoms with E-state index in [-0.39, 0.29) is 29.5 Å². The Kier molecular flexibility index (Phi) is 6.11. The van der Waals surface area contributed by atoms with Crippen molar-refractivity contribution in [2.24, 2.45) is 0 Å². The molecule has 2 amide bonds. The van der Waals surface area contributed by atoms with Crippen molar-refractivity contribution in [3.8, 4) is 0 Å². The lowest BCUT2D eigenvalue weighted by molar-refractivity contribution is -0.127. The number of nitrogens with zero attached hydrogens (tertiary/aromatic N) is 1. The molecule has 0 atom stereocenters. The summed E-state index contributed by atoms with van der Waals surface area (Å²) >= 11 is 0. The first-order valence-electron chi connectivity index (χ1n) is 8.32. The van der Waals surface area contributed by atoms with Crippen LogP contribution in [0.1, 0.15) is 30.8 Å². The Labute approximate surface area is 153 Å². The quantitative estimate of drug-likeness (QED) is 0.586. The van der Waals surface area contributed by atoms with E-state index in [1.54, 1.807) is 18.5 Å². The monoisotopic (exact) mass is 352 g/mol. The second kappa shape index (κ2) is 8.29. The number of amides is 2. The highest BCUT2D eigenvalue weighted by atomic mass is 16.2. The third kappa shape index (κ3) is 4.92. The Hall–Kier alpha value is -3.15. The van der Waals surface area contributed by atoms with Gasteiger partial charge in [-0.15, -0.1) is 6.58 Å². The van der Waals surface area contributed by atoms with Crippen molar-refractivity contribution in [3.05, 3.63) is 72.0 Å². The van der Waals surface area contributed by atoms with E-state index >= 15 is 0 Å². The van der Waals surface area contributed by atoms with Crippen molar-refractivity contribution in [2.45, 2.75) is 26.2 Å². The molecule has 1 aromatic heterocycles. The zero-order valence-corrected chi connectivity index (χ0v) is 15.3. The molecular weight excluding hydrogens is 328 g/mol. The van der Waals surface area contributed by atoms with Crippen LogP contribution in [-0.2, 0) is 15.0 Å².